The third kappa shape index (κ3) is 2.50. The predicted octanol–water partition coefficient (Wildman–Crippen LogP) is 2.11. The van der Waals surface area contributed by atoms with Crippen molar-refractivity contribution in [1.82, 2.24) is 9.97 Å². The van der Waals surface area contributed by atoms with Crippen LogP contribution in [0.1, 0.15) is 31.9 Å². The maximum Gasteiger partial charge on any atom is 0.302 e. The summed E-state index contributed by atoms with van der Waals surface area (Å²) in [5.41, 5.74) is 1.02. The summed E-state index contributed by atoms with van der Waals surface area (Å²) < 4.78 is 4.95. The number of halogens is 1. The van der Waals surface area contributed by atoms with Crippen molar-refractivity contribution in [2.45, 2.75) is 31.6 Å². The highest BCUT2D eigenvalue weighted by Crippen LogP contribution is 2.50. The van der Waals surface area contributed by atoms with E-state index < -0.39 is 0 Å². The lowest BCUT2D eigenvalue weighted by molar-refractivity contribution is -0.141. The second-order valence-corrected chi connectivity index (χ2v) is 4.48. The van der Waals surface area contributed by atoms with Crippen LogP contribution in [0, 0.1) is 0 Å². The Morgan fingerprint density at radius 1 is 1.56 bits per heavy atom. The van der Waals surface area contributed by atoms with Crippen LogP contribution in [0.3, 0.4) is 0 Å². The van der Waals surface area contributed by atoms with E-state index in [1.165, 1.54) is 13.3 Å². The lowest BCUT2D eigenvalue weighted by Gasteiger charge is -2.13. The number of hydrogen-bond donors (Lipinski definition) is 0. The molecule has 1 fully saturated rings. The second-order valence-electron chi connectivity index (χ2n) is 4.10. The smallest absolute Gasteiger partial charge is 0.302 e. The zero-order chi connectivity index (χ0) is 11.6. The third-order valence-corrected chi connectivity index (χ3v) is 3.12. The minimum Gasteiger partial charge on any atom is -0.466 e. The summed E-state index contributed by atoms with van der Waals surface area (Å²) in [5.74, 6) is -0.239. The van der Waals surface area contributed by atoms with Crippen molar-refractivity contribution in [2.24, 2.45) is 0 Å². The molecule has 1 aliphatic rings. The van der Waals surface area contributed by atoms with Crippen LogP contribution in [0.4, 0.5) is 0 Å². The lowest BCUT2D eigenvalue weighted by Crippen LogP contribution is -2.14. The van der Waals surface area contributed by atoms with Gasteiger partial charge < -0.3 is 4.74 Å². The summed E-state index contributed by atoms with van der Waals surface area (Å²) in [7, 11) is 0. The van der Waals surface area contributed by atoms with E-state index in [0.717, 1.165) is 25.0 Å². The quantitative estimate of drug-likeness (QED) is 0.598. The van der Waals surface area contributed by atoms with Gasteiger partial charge in [0.25, 0.3) is 0 Å². The van der Waals surface area contributed by atoms with E-state index in [4.69, 9.17) is 16.3 Å². The van der Waals surface area contributed by atoms with Crippen LogP contribution < -0.4 is 0 Å². The van der Waals surface area contributed by atoms with Gasteiger partial charge in [-0.25, -0.2) is 9.97 Å². The van der Waals surface area contributed by atoms with Crippen molar-refractivity contribution < 1.29 is 9.53 Å². The van der Waals surface area contributed by atoms with Crippen LogP contribution >= 0.6 is 11.6 Å². The van der Waals surface area contributed by atoms with E-state index in [2.05, 4.69) is 9.97 Å². The molecule has 0 radical (unpaired) electrons. The van der Waals surface area contributed by atoms with Gasteiger partial charge in [0, 0.05) is 12.3 Å². The van der Waals surface area contributed by atoms with Crippen LogP contribution in [0.15, 0.2) is 12.4 Å². The van der Waals surface area contributed by atoms with Crippen molar-refractivity contribution in [3.8, 4) is 0 Å². The van der Waals surface area contributed by atoms with Gasteiger partial charge in [-0.2, -0.15) is 0 Å². The van der Waals surface area contributed by atoms with E-state index in [-0.39, 0.29) is 11.4 Å². The number of esters is 1. The van der Waals surface area contributed by atoms with Gasteiger partial charge in [0.2, 0.25) is 0 Å². The molecule has 1 saturated carbocycles. The molecule has 1 aromatic rings. The standard InChI is InChI=1S/C11H13ClN2O2/c1-8(15)16-5-4-11(2-3-11)9-6-10(12)14-7-13-9/h6-7H,2-5H2,1H3. The van der Waals surface area contributed by atoms with Gasteiger partial charge in [0.15, 0.2) is 0 Å². The molecule has 1 aromatic heterocycles. The number of carbonyl (C=O) groups is 1. The zero-order valence-corrected chi connectivity index (χ0v) is 9.83. The van der Waals surface area contributed by atoms with Crippen molar-refractivity contribution >= 4 is 17.6 Å². The van der Waals surface area contributed by atoms with Gasteiger partial charge in [-0.1, -0.05) is 11.6 Å². The van der Waals surface area contributed by atoms with Gasteiger partial charge in [0.1, 0.15) is 11.5 Å². The zero-order valence-electron chi connectivity index (χ0n) is 9.07. The molecule has 0 saturated heterocycles. The molecule has 86 valence electrons. The lowest BCUT2D eigenvalue weighted by atomic mass is 9.98. The third-order valence-electron chi connectivity index (χ3n) is 2.92. The molecule has 0 N–H and O–H groups in total. The largest absolute Gasteiger partial charge is 0.466 e. The van der Waals surface area contributed by atoms with Crippen LogP contribution in [-0.4, -0.2) is 22.5 Å². The SMILES string of the molecule is CC(=O)OCCC1(c2cc(Cl)ncn2)CC1. The molecule has 4 nitrogen and oxygen atoms in total. The number of nitrogens with zero attached hydrogens (tertiary/aromatic N) is 2. The Balaban J connectivity index is 2.00. The summed E-state index contributed by atoms with van der Waals surface area (Å²) in [6.45, 7) is 1.86. The summed E-state index contributed by atoms with van der Waals surface area (Å²) in [6.07, 6.45) is 4.42. The Morgan fingerprint density at radius 2 is 2.31 bits per heavy atom. The van der Waals surface area contributed by atoms with E-state index in [1.54, 1.807) is 6.07 Å². The first-order valence-electron chi connectivity index (χ1n) is 5.24. The van der Waals surface area contributed by atoms with Crippen LogP contribution in [0.5, 0.6) is 0 Å². The van der Waals surface area contributed by atoms with Crippen LogP contribution in [0.2, 0.25) is 5.15 Å². The minimum atomic E-state index is -0.239. The Kier molecular flexibility index (Phi) is 3.10. The molecule has 0 atom stereocenters. The van der Waals surface area contributed by atoms with E-state index >= 15 is 0 Å². The Hall–Kier alpha value is -1.16. The molecule has 1 aliphatic carbocycles. The monoisotopic (exact) mass is 240 g/mol. The molecule has 1 heterocycles. The van der Waals surface area contributed by atoms with Gasteiger partial charge in [-0.05, 0) is 25.3 Å². The van der Waals surface area contributed by atoms with Gasteiger partial charge >= 0.3 is 5.97 Å². The fourth-order valence-electron chi connectivity index (χ4n) is 1.80. The van der Waals surface area contributed by atoms with Gasteiger partial charge in [0.05, 0.1) is 12.3 Å². The molecule has 16 heavy (non-hydrogen) atoms. The highest BCUT2D eigenvalue weighted by Gasteiger charge is 2.45. The van der Waals surface area contributed by atoms with E-state index in [0.29, 0.717) is 11.8 Å². The summed E-state index contributed by atoms with van der Waals surface area (Å²) in [5, 5.41) is 0.462. The average molecular weight is 241 g/mol. The number of ether oxygens (including phenoxy) is 1. The van der Waals surface area contributed by atoms with Crippen molar-refractivity contribution in [3.05, 3.63) is 23.2 Å². The highest BCUT2D eigenvalue weighted by molar-refractivity contribution is 6.29. The molecule has 2 rings (SSSR count). The maximum atomic E-state index is 10.7. The fraction of sp³-hybridized carbons (Fsp3) is 0.545. The molecular weight excluding hydrogens is 228 g/mol. The maximum absolute atomic E-state index is 10.7. The average Bonchev–Trinajstić information content (AvgIpc) is 2.98. The minimum absolute atomic E-state index is 0.0576. The Labute approximate surface area is 99.0 Å². The molecule has 0 spiro atoms. The summed E-state index contributed by atoms with van der Waals surface area (Å²) in [4.78, 5) is 18.8. The van der Waals surface area contributed by atoms with Crippen LogP contribution in [0.25, 0.3) is 0 Å². The number of rotatable bonds is 4. The topological polar surface area (TPSA) is 52.1 Å². The number of carbonyl (C=O) groups excluding carboxylic acids is 1. The molecule has 0 unspecified atom stereocenters. The Morgan fingerprint density at radius 3 is 2.88 bits per heavy atom. The fourth-order valence-corrected chi connectivity index (χ4v) is 1.95. The molecule has 0 bridgehead atoms. The van der Waals surface area contributed by atoms with Crippen molar-refractivity contribution in [1.29, 1.82) is 0 Å². The molecule has 0 amide bonds. The highest BCUT2D eigenvalue weighted by atomic mass is 35.5. The molecular formula is C11H13ClN2O2. The van der Waals surface area contributed by atoms with E-state index in [9.17, 15) is 4.79 Å². The number of hydrogen-bond acceptors (Lipinski definition) is 4. The second kappa shape index (κ2) is 4.37. The molecule has 5 heteroatoms. The number of aromatic nitrogens is 2. The van der Waals surface area contributed by atoms with Crippen LogP contribution in [-0.2, 0) is 14.9 Å². The summed E-state index contributed by atoms with van der Waals surface area (Å²) in [6, 6.07) is 1.79. The van der Waals surface area contributed by atoms with Crippen molar-refractivity contribution in [3.63, 3.8) is 0 Å². The Bertz CT molecular complexity index is 405. The molecule has 0 aliphatic heterocycles. The normalized spacial score (nSPS) is 16.9. The van der Waals surface area contributed by atoms with Gasteiger partial charge in [-0.15, -0.1) is 0 Å². The van der Waals surface area contributed by atoms with Crippen molar-refractivity contribution in [2.75, 3.05) is 6.61 Å². The predicted molar refractivity (Wildman–Crippen MR) is 59.2 cm³/mol. The van der Waals surface area contributed by atoms with Gasteiger partial charge in [-0.3, -0.25) is 4.79 Å². The molecule has 0 aromatic carbocycles. The first-order valence-corrected chi connectivity index (χ1v) is 5.62. The van der Waals surface area contributed by atoms with E-state index in [1.807, 2.05) is 0 Å². The first kappa shape index (κ1) is 11.3. The summed E-state index contributed by atoms with van der Waals surface area (Å²) >= 11 is 5.83. The first-order chi connectivity index (χ1) is 7.62.